The van der Waals surface area contributed by atoms with Crippen LogP contribution in [0, 0.1) is 0 Å². The van der Waals surface area contributed by atoms with Crippen molar-refractivity contribution in [1.82, 2.24) is 9.47 Å². The van der Waals surface area contributed by atoms with Gasteiger partial charge in [-0.25, -0.2) is 13.6 Å². The fourth-order valence-corrected chi connectivity index (χ4v) is 2.14. The van der Waals surface area contributed by atoms with Crippen LogP contribution < -0.4 is 5.14 Å². The number of hydrogen-bond donors (Lipinski definition) is 1. The SMILES string of the molecule is CCC(C)N(C)C(=O)c1cc(S(N)(=O)=O)cn1C. The largest absolute Gasteiger partial charge is 0.345 e. The normalized spacial score (nSPS) is 13.4. The van der Waals surface area contributed by atoms with Crippen LogP contribution in [-0.2, 0) is 17.1 Å². The van der Waals surface area contributed by atoms with Crippen LogP contribution in [0.3, 0.4) is 0 Å². The maximum atomic E-state index is 12.2. The van der Waals surface area contributed by atoms with Crippen LogP contribution in [-0.4, -0.2) is 36.9 Å². The van der Waals surface area contributed by atoms with Gasteiger partial charge in [-0.1, -0.05) is 6.92 Å². The summed E-state index contributed by atoms with van der Waals surface area (Å²) in [6, 6.07) is 1.39. The second-order valence-electron chi connectivity index (χ2n) is 4.39. The molecule has 2 N–H and O–H groups in total. The lowest BCUT2D eigenvalue weighted by Crippen LogP contribution is -2.35. The summed E-state index contributed by atoms with van der Waals surface area (Å²) in [5.74, 6) is -0.221. The van der Waals surface area contributed by atoms with E-state index >= 15 is 0 Å². The summed E-state index contributed by atoms with van der Waals surface area (Å²) in [5, 5.41) is 5.04. The minimum absolute atomic E-state index is 0.0501. The smallest absolute Gasteiger partial charge is 0.270 e. The van der Waals surface area contributed by atoms with Crippen molar-refractivity contribution >= 4 is 15.9 Å². The van der Waals surface area contributed by atoms with Gasteiger partial charge in [0.25, 0.3) is 5.91 Å². The lowest BCUT2D eigenvalue weighted by atomic mass is 10.2. The van der Waals surface area contributed by atoms with Gasteiger partial charge >= 0.3 is 0 Å². The highest BCUT2D eigenvalue weighted by molar-refractivity contribution is 7.89. The van der Waals surface area contributed by atoms with Crippen molar-refractivity contribution in [3.05, 3.63) is 18.0 Å². The van der Waals surface area contributed by atoms with Gasteiger partial charge in [0.2, 0.25) is 10.0 Å². The molecule has 0 aliphatic rings. The summed E-state index contributed by atoms with van der Waals surface area (Å²) in [4.78, 5) is 13.7. The maximum Gasteiger partial charge on any atom is 0.270 e. The lowest BCUT2D eigenvalue weighted by Gasteiger charge is -2.23. The van der Waals surface area contributed by atoms with Crippen molar-refractivity contribution in [2.75, 3.05) is 7.05 Å². The van der Waals surface area contributed by atoms with Crippen LogP contribution in [0.4, 0.5) is 0 Å². The first kappa shape index (κ1) is 14.7. The number of primary sulfonamides is 1. The molecule has 1 aromatic rings. The zero-order chi connectivity index (χ0) is 14.1. The van der Waals surface area contributed by atoms with Gasteiger partial charge in [0.15, 0.2) is 0 Å². The van der Waals surface area contributed by atoms with Crippen molar-refractivity contribution in [2.24, 2.45) is 12.2 Å². The van der Waals surface area contributed by atoms with Crippen LogP contribution in [0.5, 0.6) is 0 Å². The summed E-state index contributed by atoms with van der Waals surface area (Å²) in [6.07, 6.45) is 2.17. The topological polar surface area (TPSA) is 85.4 Å². The van der Waals surface area contributed by atoms with Gasteiger partial charge in [0, 0.05) is 26.3 Å². The molecule has 102 valence electrons. The Bertz CT molecular complexity index is 548. The number of carbonyl (C=O) groups is 1. The van der Waals surface area contributed by atoms with Gasteiger partial charge in [0.1, 0.15) is 10.6 Å². The molecule has 1 unspecified atom stereocenters. The summed E-state index contributed by atoms with van der Waals surface area (Å²) in [5.41, 5.74) is 0.307. The number of amides is 1. The Kier molecular flexibility index (Phi) is 4.18. The molecule has 1 atom stereocenters. The summed E-state index contributed by atoms with van der Waals surface area (Å²) < 4.78 is 23.9. The Morgan fingerprint density at radius 2 is 2.11 bits per heavy atom. The number of hydrogen-bond acceptors (Lipinski definition) is 3. The van der Waals surface area contributed by atoms with Crippen molar-refractivity contribution < 1.29 is 13.2 Å². The number of aromatic nitrogens is 1. The Morgan fingerprint density at radius 1 is 1.56 bits per heavy atom. The minimum Gasteiger partial charge on any atom is -0.345 e. The van der Waals surface area contributed by atoms with Gasteiger partial charge in [-0.3, -0.25) is 4.79 Å². The Hall–Kier alpha value is -1.34. The van der Waals surface area contributed by atoms with E-state index in [2.05, 4.69) is 0 Å². The molecule has 1 rings (SSSR count). The van der Waals surface area contributed by atoms with Crippen molar-refractivity contribution in [1.29, 1.82) is 0 Å². The maximum absolute atomic E-state index is 12.2. The number of nitrogens with zero attached hydrogens (tertiary/aromatic N) is 2. The van der Waals surface area contributed by atoms with Gasteiger partial charge in [0.05, 0.1) is 0 Å². The molecular formula is C11H19N3O3S. The Morgan fingerprint density at radius 3 is 2.50 bits per heavy atom. The first-order valence-corrected chi connectivity index (χ1v) is 7.19. The second kappa shape index (κ2) is 5.11. The highest BCUT2D eigenvalue weighted by Gasteiger charge is 2.22. The first-order chi connectivity index (χ1) is 8.18. The van der Waals surface area contributed by atoms with Crippen LogP contribution in [0.25, 0.3) is 0 Å². The molecule has 6 nitrogen and oxygen atoms in total. The number of rotatable bonds is 4. The molecule has 0 spiro atoms. The molecule has 0 saturated carbocycles. The molecule has 0 aliphatic carbocycles. The highest BCUT2D eigenvalue weighted by atomic mass is 32.2. The fraction of sp³-hybridized carbons (Fsp3) is 0.545. The third-order valence-electron chi connectivity index (χ3n) is 3.10. The third kappa shape index (κ3) is 2.91. The summed E-state index contributed by atoms with van der Waals surface area (Å²) in [7, 11) is -0.469. The number of carbonyl (C=O) groups excluding carboxylic acids is 1. The van der Waals surface area contributed by atoms with Crippen LogP contribution >= 0.6 is 0 Å². The van der Waals surface area contributed by atoms with Crippen molar-refractivity contribution in [3.8, 4) is 0 Å². The van der Waals surface area contributed by atoms with Gasteiger partial charge in [-0.2, -0.15) is 0 Å². The van der Waals surface area contributed by atoms with E-state index in [1.165, 1.54) is 16.8 Å². The molecule has 18 heavy (non-hydrogen) atoms. The highest BCUT2D eigenvalue weighted by Crippen LogP contribution is 2.15. The predicted octanol–water partition coefficient (Wildman–Crippen LogP) is 0.543. The molecule has 0 bridgehead atoms. The van der Waals surface area contributed by atoms with E-state index in [0.29, 0.717) is 5.69 Å². The van der Waals surface area contributed by atoms with E-state index in [1.807, 2.05) is 13.8 Å². The molecule has 1 aromatic heterocycles. The molecular weight excluding hydrogens is 254 g/mol. The molecule has 0 aliphatic heterocycles. The number of sulfonamides is 1. The average molecular weight is 273 g/mol. The number of aryl methyl sites for hydroxylation is 1. The summed E-state index contributed by atoms with van der Waals surface area (Å²) in [6.45, 7) is 3.91. The van der Waals surface area contributed by atoms with E-state index < -0.39 is 10.0 Å². The molecule has 0 saturated heterocycles. The Balaban J connectivity index is 3.12. The van der Waals surface area contributed by atoms with Crippen molar-refractivity contribution in [3.63, 3.8) is 0 Å². The first-order valence-electron chi connectivity index (χ1n) is 5.64. The molecule has 0 aromatic carbocycles. The minimum atomic E-state index is -3.78. The monoisotopic (exact) mass is 273 g/mol. The van der Waals surface area contributed by atoms with Gasteiger partial charge in [-0.15, -0.1) is 0 Å². The molecule has 0 fully saturated rings. The Labute approximate surface area is 107 Å². The predicted molar refractivity (Wildman–Crippen MR) is 68.6 cm³/mol. The fourth-order valence-electron chi connectivity index (χ4n) is 1.56. The number of nitrogens with two attached hydrogens (primary N) is 1. The van der Waals surface area contributed by atoms with E-state index in [4.69, 9.17) is 5.14 Å². The summed E-state index contributed by atoms with van der Waals surface area (Å²) >= 11 is 0. The van der Waals surface area contributed by atoms with Crippen molar-refractivity contribution in [2.45, 2.75) is 31.2 Å². The molecule has 1 heterocycles. The van der Waals surface area contributed by atoms with E-state index in [1.54, 1.807) is 19.0 Å². The van der Waals surface area contributed by atoms with E-state index in [-0.39, 0.29) is 16.8 Å². The van der Waals surface area contributed by atoms with Crippen LogP contribution in [0.15, 0.2) is 17.2 Å². The standard InChI is InChI=1S/C11H19N3O3S/c1-5-8(2)14(4)11(15)10-6-9(7-13(10)3)18(12,16)17/h6-8H,5H2,1-4H3,(H2,12,16,17). The van der Waals surface area contributed by atoms with Crippen LogP contribution in [0.2, 0.25) is 0 Å². The lowest BCUT2D eigenvalue weighted by molar-refractivity contribution is 0.0731. The van der Waals surface area contributed by atoms with E-state index in [0.717, 1.165) is 6.42 Å². The molecule has 1 amide bonds. The van der Waals surface area contributed by atoms with Gasteiger partial charge in [-0.05, 0) is 19.4 Å². The zero-order valence-corrected chi connectivity index (χ0v) is 11.9. The zero-order valence-electron chi connectivity index (χ0n) is 11.0. The molecule has 7 heteroatoms. The molecule has 0 radical (unpaired) electrons. The second-order valence-corrected chi connectivity index (χ2v) is 5.95. The average Bonchev–Trinajstić information content (AvgIpc) is 2.68. The third-order valence-corrected chi connectivity index (χ3v) is 3.98. The van der Waals surface area contributed by atoms with Gasteiger partial charge < -0.3 is 9.47 Å². The quantitative estimate of drug-likeness (QED) is 0.869. The van der Waals surface area contributed by atoms with Crippen LogP contribution in [0.1, 0.15) is 30.8 Å². The van der Waals surface area contributed by atoms with E-state index in [9.17, 15) is 13.2 Å².